The van der Waals surface area contributed by atoms with Crippen LogP contribution in [0, 0.1) is 0 Å². The minimum atomic E-state index is -0.313. The molecule has 1 aliphatic rings. The minimum absolute atomic E-state index is 0.0329. The molecule has 27 heavy (non-hydrogen) atoms. The van der Waals surface area contributed by atoms with Gasteiger partial charge in [-0.05, 0) is 38.0 Å². The number of morpholine rings is 1. The SMILES string of the molecule is CN=C(NCCc1ccc(C(=O)OC)cc1)NCC(C)(C)N1CCOCC1. The summed E-state index contributed by atoms with van der Waals surface area (Å²) in [6.07, 6.45) is 0.842. The van der Waals surface area contributed by atoms with Gasteiger partial charge in [-0.25, -0.2) is 4.79 Å². The van der Waals surface area contributed by atoms with Crippen LogP contribution in [-0.2, 0) is 15.9 Å². The van der Waals surface area contributed by atoms with Crippen LogP contribution in [0.3, 0.4) is 0 Å². The maximum atomic E-state index is 11.5. The van der Waals surface area contributed by atoms with Gasteiger partial charge in [0.05, 0.1) is 25.9 Å². The van der Waals surface area contributed by atoms with Gasteiger partial charge in [0.25, 0.3) is 0 Å². The van der Waals surface area contributed by atoms with Crippen molar-refractivity contribution in [2.75, 3.05) is 53.6 Å². The summed E-state index contributed by atoms with van der Waals surface area (Å²) in [6.45, 7) is 9.56. The average molecular weight is 377 g/mol. The number of carbonyl (C=O) groups excluding carboxylic acids is 1. The van der Waals surface area contributed by atoms with Crippen LogP contribution in [-0.4, -0.2) is 75.9 Å². The Balaban J connectivity index is 1.76. The van der Waals surface area contributed by atoms with E-state index in [4.69, 9.17) is 9.47 Å². The lowest BCUT2D eigenvalue weighted by molar-refractivity contribution is -0.00833. The van der Waals surface area contributed by atoms with Crippen molar-refractivity contribution in [3.05, 3.63) is 35.4 Å². The van der Waals surface area contributed by atoms with E-state index in [1.165, 1.54) is 7.11 Å². The number of hydrogen-bond donors (Lipinski definition) is 2. The van der Waals surface area contributed by atoms with Gasteiger partial charge in [-0.15, -0.1) is 0 Å². The number of aliphatic imine (C=N–C) groups is 1. The van der Waals surface area contributed by atoms with E-state index in [1.807, 2.05) is 12.1 Å². The fourth-order valence-electron chi connectivity index (χ4n) is 3.05. The molecule has 150 valence electrons. The Morgan fingerprint density at radius 3 is 2.48 bits per heavy atom. The Kier molecular flexibility index (Phi) is 8.06. The second kappa shape index (κ2) is 10.3. The van der Waals surface area contributed by atoms with Crippen molar-refractivity contribution in [2.45, 2.75) is 25.8 Å². The number of hydrogen-bond acceptors (Lipinski definition) is 5. The first kappa shape index (κ1) is 21.2. The van der Waals surface area contributed by atoms with E-state index >= 15 is 0 Å². The van der Waals surface area contributed by atoms with Crippen molar-refractivity contribution in [3.63, 3.8) is 0 Å². The third-order valence-electron chi connectivity index (χ3n) is 4.86. The summed E-state index contributed by atoms with van der Waals surface area (Å²) in [4.78, 5) is 18.2. The molecular weight excluding hydrogens is 344 g/mol. The summed E-state index contributed by atoms with van der Waals surface area (Å²) in [5.74, 6) is 0.481. The maximum Gasteiger partial charge on any atom is 0.337 e. The number of ether oxygens (including phenoxy) is 2. The lowest BCUT2D eigenvalue weighted by Gasteiger charge is -2.41. The number of rotatable bonds is 7. The monoisotopic (exact) mass is 376 g/mol. The number of guanidine groups is 1. The first-order valence-electron chi connectivity index (χ1n) is 9.41. The highest BCUT2D eigenvalue weighted by Gasteiger charge is 2.28. The molecule has 0 saturated carbocycles. The van der Waals surface area contributed by atoms with Crippen molar-refractivity contribution >= 4 is 11.9 Å². The zero-order valence-corrected chi connectivity index (χ0v) is 16.9. The molecule has 0 unspecified atom stereocenters. The molecule has 0 amide bonds. The number of nitrogens with zero attached hydrogens (tertiary/aromatic N) is 2. The van der Waals surface area contributed by atoms with E-state index < -0.39 is 0 Å². The fraction of sp³-hybridized carbons (Fsp3) is 0.600. The summed E-state index contributed by atoms with van der Waals surface area (Å²) in [5.41, 5.74) is 1.75. The summed E-state index contributed by atoms with van der Waals surface area (Å²) in [6, 6.07) is 7.48. The van der Waals surface area contributed by atoms with E-state index in [2.05, 4.69) is 34.4 Å². The second-order valence-electron chi connectivity index (χ2n) is 7.20. The molecule has 0 aliphatic carbocycles. The summed E-state index contributed by atoms with van der Waals surface area (Å²) in [7, 11) is 3.17. The van der Waals surface area contributed by atoms with Crippen LogP contribution in [0.25, 0.3) is 0 Å². The van der Waals surface area contributed by atoms with E-state index in [0.717, 1.165) is 57.3 Å². The lowest BCUT2D eigenvalue weighted by Crippen LogP contribution is -2.56. The highest BCUT2D eigenvalue weighted by molar-refractivity contribution is 5.89. The molecule has 1 saturated heterocycles. The van der Waals surface area contributed by atoms with Crippen molar-refractivity contribution in [2.24, 2.45) is 4.99 Å². The van der Waals surface area contributed by atoms with Crippen LogP contribution in [0.15, 0.2) is 29.3 Å². The van der Waals surface area contributed by atoms with Crippen molar-refractivity contribution < 1.29 is 14.3 Å². The largest absolute Gasteiger partial charge is 0.465 e. The van der Waals surface area contributed by atoms with Crippen LogP contribution in [0.5, 0.6) is 0 Å². The van der Waals surface area contributed by atoms with Gasteiger partial charge >= 0.3 is 5.97 Å². The van der Waals surface area contributed by atoms with Crippen LogP contribution in [0.1, 0.15) is 29.8 Å². The van der Waals surface area contributed by atoms with E-state index in [-0.39, 0.29) is 11.5 Å². The normalized spacial score (nSPS) is 16.1. The van der Waals surface area contributed by atoms with Gasteiger partial charge in [-0.2, -0.15) is 0 Å². The van der Waals surface area contributed by atoms with Crippen molar-refractivity contribution in [1.82, 2.24) is 15.5 Å². The average Bonchev–Trinajstić information content (AvgIpc) is 2.71. The first-order valence-corrected chi connectivity index (χ1v) is 9.41. The number of methoxy groups -OCH3 is 1. The molecule has 2 rings (SSSR count). The Hall–Kier alpha value is -2.12. The Morgan fingerprint density at radius 1 is 1.22 bits per heavy atom. The number of carbonyl (C=O) groups is 1. The van der Waals surface area contributed by atoms with Crippen molar-refractivity contribution in [3.8, 4) is 0 Å². The number of benzene rings is 1. The highest BCUT2D eigenvalue weighted by Crippen LogP contribution is 2.15. The molecule has 1 fully saturated rings. The zero-order chi connectivity index (χ0) is 19.7. The standard InChI is InChI=1S/C20H32N4O3/c1-20(2,24-11-13-27-14-12-24)15-23-19(21-3)22-10-9-16-5-7-17(8-6-16)18(25)26-4/h5-8H,9-15H2,1-4H3,(H2,21,22,23). The smallest absolute Gasteiger partial charge is 0.337 e. The van der Waals surface area contributed by atoms with Gasteiger partial charge in [0.1, 0.15) is 0 Å². The fourth-order valence-corrected chi connectivity index (χ4v) is 3.05. The molecule has 0 atom stereocenters. The van der Waals surface area contributed by atoms with Crippen LogP contribution in [0.4, 0.5) is 0 Å². The Morgan fingerprint density at radius 2 is 1.89 bits per heavy atom. The van der Waals surface area contributed by atoms with Gasteiger partial charge in [0.2, 0.25) is 0 Å². The van der Waals surface area contributed by atoms with Crippen LogP contribution in [0.2, 0.25) is 0 Å². The zero-order valence-electron chi connectivity index (χ0n) is 16.9. The Labute approximate surface area is 162 Å². The molecule has 2 N–H and O–H groups in total. The van der Waals surface area contributed by atoms with Gasteiger partial charge in [0.15, 0.2) is 5.96 Å². The second-order valence-corrected chi connectivity index (χ2v) is 7.20. The van der Waals surface area contributed by atoms with Gasteiger partial charge in [-0.1, -0.05) is 12.1 Å². The number of nitrogens with one attached hydrogen (secondary N) is 2. The summed E-state index contributed by atoms with van der Waals surface area (Å²) >= 11 is 0. The van der Waals surface area contributed by atoms with Crippen LogP contribution < -0.4 is 10.6 Å². The predicted octanol–water partition coefficient (Wildman–Crippen LogP) is 1.29. The summed E-state index contributed by atoms with van der Waals surface area (Å²) < 4.78 is 10.2. The molecule has 1 aliphatic heterocycles. The topological polar surface area (TPSA) is 75.2 Å². The predicted molar refractivity (Wildman–Crippen MR) is 107 cm³/mol. The molecule has 0 radical (unpaired) electrons. The van der Waals surface area contributed by atoms with Gasteiger partial charge < -0.3 is 20.1 Å². The number of esters is 1. The molecular formula is C20H32N4O3. The van der Waals surface area contributed by atoms with E-state index in [0.29, 0.717) is 5.56 Å². The quantitative estimate of drug-likeness (QED) is 0.424. The van der Waals surface area contributed by atoms with Crippen LogP contribution >= 0.6 is 0 Å². The Bertz CT molecular complexity index is 623. The molecule has 0 bridgehead atoms. The molecule has 1 aromatic rings. The van der Waals surface area contributed by atoms with Gasteiger partial charge in [0, 0.05) is 38.8 Å². The molecule has 0 aromatic heterocycles. The molecule has 7 nitrogen and oxygen atoms in total. The van der Waals surface area contributed by atoms with E-state index in [1.54, 1.807) is 19.2 Å². The lowest BCUT2D eigenvalue weighted by atomic mass is 10.0. The minimum Gasteiger partial charge on any atom is -0.465 e. The highest BCUT2D eigenvalue weighted by atomic mass is 16.5. The third kappa shape index (κ3) is 6.52. The molecule has 7 heteroatoms. The van der Waals surface area contributed by atoms with Crippen molar-refractivity contribution in [1.29, 1.82) is 0 Å². The third-order valence-corrected chi connectivity index (χ3v) is 4.86. The van der Waals surface area contributed by atoms with E-state index in [9.17, 15) is 4.79 Å². The first-order chi connectivity index (χ1) is 13.0. The molecule has 1 heterocycles. The van der Waals surface area contributed by atoms with Gasteiger partial charge in [-0.3, -0.25) is 9.89 Å². The molecule has 0 spiro atoms. The maximum absolute atomic E-state index is 11.5. The summed E-state index contributed by atoms with van der Waals surface area (Å²) in [5, 5.41) is 6.77. The molecule has 1 aromatic carbocycles.